The molecule has 0 bridgehead atoms. The third-order valence-electron chi connectivity index (χ3n) is 2.33. The SMILES string of the molecule is ClCc1c(Cl)cccc1Oc1ccc(Cl)c(Cl)c1. The molecule has 0 fully saturated rings. The van der Waals surface area contributed by atoms with Crippen molar-refractivity contribution in [2.45, 2.75) is 5.88 Å². The highest BCUT2D eigenvalue weighted by molar-refractivity contribution is 6.42. The smallest absolute Gasteiger partial charge is 0.133 e. The lowest BCUT2D eigenvalue weighted by Gasteiger charge is -2.11. The van der Waals surface area contributed by atoms with Gasteiger partial charge in [-0.2, -0.15) is 0 Å². The lowest BCUT2D eigenvalue weighted by atomic mass is 10.2. The van der Waals surface area contributed by atoms with Gasteiger partial charge >= 0.3 is 0 Å². The van der Waals surface area contributed by atoms with Crippen molar-refractivity contribution in [1.82, 2.24) is 0 Å². The highest BCUT2D eigenvalue weighted by atomic mass is 35.5. The van der Waals surface area contributed by atoms with Gasteiger partial charge in [-0.1, -0.05) is 40.9 Å². The second kappa shape index (κ2) is 6.03. The van der Waals surface area contributed by atoms with Crippen LogP contribution in [0.2, 0.25) is 15.1 Å². The first-order valence-electron chi connectivity index (χ1n) is 5.08. The second-order valence-electron chi connectivity index (χ2n) is 3.53. The molecule has 0 N–H and O–H groups in total. The maximum absolute atomic E-state index is 6.04. The minimum atomic E-state index is 0.274. The predicted molar refractivity (Wildman–Crippen MR) is 77.5 cm³/mol. The maximum Gasteiger partial charge on any atom is 0.133 e. The van der Waals surface area contributed by atoms with Crippen molar-refractivity contribution in [2.24, 2.45) is 0 Å². The number of rotatable bonds is 3. The van der Waals surface area contributed by atoms with Crippen LogP contribution in [0.5, 0.6) is 11.5 Å². The van der Waals surface area contributed by atoms with E-state index in [-0.39, 0.29) is 5.88 Å². The summed E-state index contributed by atoms with van der Waals surface area (Å²) in [5.74, 6) is 1.46. The standard InChI is InChI=1S/C13H8Cl4O/c14-7-9-10(15)2-1-3-13(9)18-8-4-5-11(16)12(17)6-8/h1-6H,7H2. The first-order valence-corrected chi connectivity index (χ1v) is 6.75. The normalized spacial score (nSPS) is 10.4. The highest BCUT2D eigenvalue weighted by Gasteiger charge is 2.09. The van der Waals surface area contributed by atoms with Crippen molar-refractivity contribution >= 4 is 46.4 Å². The Bertz CT molecular complexity index is 569. The van der Waals surface area contributed by atoms with Crippen molar-refractivity contribution in [2.75, 3.05) is 0 Å². The Morgan fingerprint density at radius 3 is 2.33 bits per heavy atom. The van der Waals surface area contributed by atoms with Gasteiger partial charge in [-0.15, -0.1) is 11.6 Å². The Labute approximate surface area is 125 Å². The number of halogens is 4. The molecule has 0 aliphatic rings. The molecule has 0 spiro atoms. The van der Waals surface area contributed by atoms with Gasteiger partial charge in [-0.25, -0.2) is 0 Å². The quantitative estimate of drug-likeness (QED) is 0.613. The fourth-order valence-corrected chi connectivity index (χ4v) is 2.30. The minimum absolute atomic E-state index is 0.274. The van der Waals surface area contributed by atoms with Crippen LogP contribution in [0.4, 0.5) is 0 Å². The molecule has 5 heteroatoms. The molecule has 2 aromatic rings. The van der Waals surface area contributed by atoms with Crippen LogP contribution in [0.1, 0.15) is 5.56 Å². The van der Waals surface area contributed by atoms with E-state index in [2.05, 4.69) is 0 Å². The molecular formula is C13H8Cl4O. The van der Waals surface area contributed by atoms with Gasteiger partial charge in [0.2, 0.25) is 0 Å². The zero-order chi connectivity index (χ0) is 13.1. The third kappa shape index (κ3) is 3.04. The number of ether oxygens (including phenoxy) is 1. The van der Waals surface area contributed by atoms with E-state index in [9.17, 15) is 0 Å². The highest BCUT2D eigenvalue weighted by Crippen LogP contribution is 2.34. The molecule has 2 rings (SSSR count). The largest absolute Gasteiger partial charge is 0.457 e. The van der Waals surface area contributed by atoms with E-state index >= 15 is 0 Å². The topological polar surface area (TPSA) is 9.23 Å². The molecule has 0 saturated heterocycles. The molecule has 94 valence electrons. The maximum atomic E-state index is 6.04. The lowest BCUT2D eigenvalue weighted by Crippen LogP contribution is -1.90. The molecule has 18 heavy (non-hydrogen) atoms. The summed E-state index contributed by atoms with van der Waals surface area (Å²) in [5, 5.41) is 1.49. The van der Waals surface area contributed by atoms with Crippen LogP contribution in [-0.2, 0) is 5.88 Å². The fraction of sp³-hybridized carbons (Fsp3) is 0.0769. The van der Waals surface area contributed by atoms with Crippen LogP contribution < -0.4 is 4.74 Å². The van der Waals surface area contributed by atoms with Crippen LogP contribution in [-0.4, -0.2) is 0 Å². The van der Waals surface area contributed by atoms with Gasteiger partial charge in [-0.3, -0.25) is 0 Å². The predicted octanol–water partition coefficient (Wildman–Crippen LogP) is 6.18. The molecule has 0 unspecified atom stereocenters. The lowest BCUT2D eigenvalue weighted by molar-refractivity contribution is 0.478. The average molecular weight is 322 g/mol. The Morgan fingerprint density at radius 2 is 1.67 bits per heavy atom. The summed E-state index contributed by atoms with van der Waals surface area (Å²) in [7, 11) is 0. The van der Waals surface area contributed by atoms with Gasteiger partial charge < -0.3 is 4.74 Å². The zero-order valence-corrected chi connectivity index (χ0v) is 12.1. The molecule has 0 saturated carbocycles. The molecule has 0 heterocycles. The van der Waals surface area contributed by atoms with Gasteiger partial charge in [0, 0.05) is 16.7 Å². The second-order valence-corrected chi connectivity index (χ2v) is 5.02. The van der Waals surface area contributed by atoms with Gasteiger partial charge in [0.25, 0.3) is 0 Å². The van der Waals surface area contributed by atoms with Crippen LogP contribution in [0, 0.1) is 0 Å². The van der Waals surface area contributed by atoms with Crippen LogP contribution in [0.25, 0.3) is 0 Å². The van der Waals surface area contributed by atoms with E-state index < -0.39 is 0 Å². The van der Waals surface area contributed by atoms with E-state index in [1.807, 2.05) is 0 Å². The summed E-state index contributed by atoms with van der Waals surface area (Å²) in [6.45, 7) is 0. The summed E-state index contributed by atoms with van der Waals surface area (Å²) in [6, 6.07) is 10.4. The molecule has 0 aromatic heterocycles. The van der Waals surface area contributed by atoms with Crippen molar-refractivity contribution in [3.8, 4) is 11.5 Å². The number of hydrogen-bond donors (Lipinski definition) is 0. The summed E-state index contributed by atoms with van der Waals surface area (Å²) in [5.41, 5.74) is 0.743. The Hall–Kier alpha value is -0.600. The average Bonchev–Trinajstić information content (AvgIpc) is 2.34. The first-order chi connectivity index (χ1) is 8.61. The van der Waals surface area contributed by atoms with Crippen molar-refractivity contribution in [3.63, 3.8) is 0 Å². The summed E-state index contributed by atoms with van der Waals surface area (Å²) in [4.78, 5) is 0. The van der Waals surface area contributed by atoms with Gasteiger partial charge in [-0.05, 0) is 24.3 Å². The Morgan fingerprint density at radius 1 is 0.889 bits per heavy atom. The third-order valence-corrected chi connectivity index (χ3v) is 3.69. The Kier molecular flexibility index (Phi) is 4.63. The molecule has 2 aromatic carbocycles. The summed E-state index contributed by atoms with van der Waals surface area (Å²) < 4.78 is 5.71. The number of benzene rings is 2. The van der Waals surface area contributed by atoms with E-state index in [4.69, 9.17) is 51.1 Å². The number of hydrogen-bond acceptors (Lipinski definition) is 1. The molecule has 0 aliphatic carbocycles. The summed E-state index contributed by atoms with van der Waals surface area (Å²) >= 11 is 23.6. The van der Waals surface area contributed by atoms with E-state index in [1.165, 1.54) is 0 Å². The van der Waals surface area contributed by atoms with Gasteiger partial charge in [0.05, 0.1) is 15.9 Å². The van der Waals surface area contributed by atoms with Crippen LogP contribution in [0.15, 0.2) is 36.4 Å². The molecule has 1 nitrogen and oxygen atoms in total. The van der Waals surface area contributed by atoms with Crippen LogP contribution >= 0.6 is 46.4 Å². The number of alkyl halides is 1. The molecular weight excluding hydrogens is 314 g/mol. The van der Waals surface area contributed by atoms with Gasteiger partial charge in [0.1, 0.15) is 11.5 Å². The minimum Gasteiger partial charge on any atom is -0.457 e. The molecule has 0 aliphatic heterocycles. The van der Waals surface area contributed by atoms with Crippen molar-refractivity contribution in [3.05, 3.63) is 57.0 Å². The van der Waals surface area contributed by atoms with Gasteiger partial charge in [0.15, 0.2) is 0 Å². The van der Waals surface area contributed by atoms with Crippen molar-refractivity contribution < 1.29 is 4.74 Å². The molecule has 0 atom stereocenters. The fourth-order valence-electron chi connectivity index (χ4n) is 1.43. The Balaban J connectivity index is 2.34. The first kappa shape index (κ1) is 13.8. The van der Waals surface area contributed by atoms with Crippen molar-refractivity contribution in [1.29, 1.82) is 0 Å². The summed E-state index contributed by atoms with van der Waals surface area (Å²) in [6.07, 6.45) is 0. The monoisotopic (exact) mass is 320 g/mol. The van der Waals surface area contributed by atoms with E-state index in [0.717, 1.165) is 5.56 Å². The van der Waals surface area contributed by atoms with E-state index in [1.54, 1.807) is 36.4 Å². The van der Waals surface area contributed by atoms with E-state index in [0.29, 0.717) is 26.6 Å². The molecule has 0 radical (unpaired) electrons. The zero-order valence-electron chi connectivity index (χ0n) is 9.09. The van der Waals surface area contributed by atoms with Crippen LogP contribution in [0.3, 0.4) is 0 Å². The molecule has 0 amide bonds.